The number of hydrogen-bond donors (Lipinski definition) is 0. The second kappa shape index (κ2) is 4.16. The number of fused-ring (bicyclic) bond motifs is 1. The third-order valence-electron chi connectivity index (χ3n) is 4.70. The third-order valence-corrected chi connectivity index (χ3v) is 5.62. The SMILES string of the molecule is CCc1nn(C)c(CN2C(=O)C3C(C2=O)C3(C)C)c1Br. The number of nitrogens with zero attached hydrogens (tertiary/aromatic N) is 3. The molecule has 1 saturated carbocycles. The van der Waals surface area contributed by atoms with Gasteiger partial charge in [-0.25, -0.2) is 0 Å². The number of aryl methyl sites for hydroxylation is 2. The van der Waals surface area contributed by atoms with Crippen molar-refractivity contribution in [2.45, 2.75) is 33.7 Å². The molecule has 2 aliphatic rings. The average Bonchev–Trinajstić information content (AvgIpc) is 2.71. The molecule has 20 heavy (non-hydrogen) atoms. The number of carbonyl (C=O) groups excluding carboxylic acids is 2. The normalized spacial score (nSPS) is 27.1. The minimum Gasteiger partial charge on any atom is -0.276 e. The van der Waals surface area contributed by atoms with E-state index in [0.717, 1.165) is 22.3 Å². The first-order valence-electron chi connectivity index (χ1n) is 6.86. The third kappa shape index (κ3) is 1.63. The smallest absolute Gasteiger partial charge is 0.234 e. The lowest BCUT2D eigenvalue weighted by Gasteiger charge is -2.20. The molecule has 1 aliphatic heterocycles. The maximum absolute atomic E-state index is 12.3. The molecule has 1 aliphatic carbocycles. The summed E-state index contributed by atoms with van der Waals surface area (Å²) in [4.78, 5) is 26.1. The lowest BCUT2D eigenvalue weighted by atomic mass is 10.1. The number of aromatic nitrogens is 2. The predicted molar refractivity (Wildman–Crippen MR) is 76.6 cm³/mol. The van der Waals surface area contributed by atoms with Gasteiger partial charge >= 0.3 is 0 Å². The van der Waals surface area contributed by atoms with E-state index in [1.807, 2.05) is 27.8 Å². The number of likely N-dealkylation sites (tertiary alicyclic amines) is 1. The molecule has 0 radical (unpaired) electrons. The Morgan fingerprint density at radius 3 is 2.25 bits per heavy atom. The molecule has 1 saturated heterocycles. The molecular weight excluding hydrogens is 322 g/mol. The Bertz CT molecular complexity index is 596. The largest absolute Gasteiger partial charge is 0.276 e. The molecule has 1 aromatic heterocycles. The van der Waals surface area contributed by atoms with E-state index >= 15 is 0 Å². The minimum atomic E-state index is -0.150. The first kappa shape index (κ1) is 13.8. The number of piperidine rings is 1. The van der Waals surface area contributed by atoms with Crippen LogP contribution >= 0.6 is 15.9 Å². The molecule has 108 valence electrons. The van der Waals surface area contributed by atoms with Gasteiger partial charge in [0, 0.05) is 7.05 Å². The highest BCUT2D eigenvalue weighted by molar-refractivity contribution is 9.10. The summed E-state index contributed by atoms with van der Waals surface area (Å²) in [5, 5.41) is 4.40. The fourth-order valence-corrected chi connectivity index (χ4v) is 4.04. The summed E-state index contributed by atoms with van der Waals surface area (Å²) >= 11 is 3.53. The van der Waals surface area contributed by atoms with E-state index in [1.54, 1.807) is 4.68 Å². The van der Waals surface area contributed by atoms with Crippen molar-refractivity contribution in [2.75, 3.05) is 0 Å². The summed E-state index contributed by atoms with van der Waals surface area (Å²) in [5.74, 6) is -0.299. The Balaban J connectivity index is 1.86. The second-order valence-electron chi connectivity index (χ2n) is 6.22. The summed E-state index contributed by atoms with van der Waals surface area (Å²) in [6.45, 7) is 6.32. The zero-order valence-electron chi connectivity index (χ0n) is 12.1. The van der Waals surface area contributed by atoms with Crippen molar-refractivity contribution >= 4 is 27.7 Å². The zero-order valence-corrected chi connectivity index (χ0v) is 13.7. The van der Waals surface area contributed by atoms with Crippen LogP contribution in [-0.2, 0) is 29.6 Å². The fraction of sp³-hybridized carbons (Fsp3) is 0.643. The van der Waals surface area contributed by atoms with Gasteiger partial charge in [-0.2, -0.15) is 5.10 Å². The lowest BCUT2D eigenvalue weighted by molar-refractivity contribution is -0.143. The van der Waals surface area contributed by atoms with Crippen LogP contribution in [0.15, 0.2) is 4.47 Å². The van der Waals surface area contributed by atoms with Gasteiger partial charge in [-0.15, -0.1) is 0 Å². The lowest BCUT2D eigenvalue weighted by Crippen LogP contribution is -2.36. The highest BCUT2D eigenvalue weighted by atomic mass is 79.9. The van der Waals surface area contributed by atoms with Crippen LogP contribution in [0.25, 0.3) is 0 Å². The van der Waals surface area contributed by atoms with Gasteiger partial charge in [0.25, 0.3) is 0 Å². The van der Waals surface area contributed by atoms with Crippen LogP contribution in [0.4, 0.5) is 0 Å². The van der Waals surface area contributed by atoms with Crippen molar-refractivity contribution in [3.63, 3.8) is 0 Å². The molecule has 0 spiro atoms. The minimum absolute atomic E-state index is 0.0313. The van der Waals surface area contributed by atoms with Crippen molar-refractivity contribution in [2.24, 2.45) is 24.3 Å². The highest BCUT2D eigenvalue weighted by Gasteiger charge is 2.72. The molecular formula is C14H18BrN3O2. The zero-order chi connectivity index (χ0) is 14.8. The maximum Gasteiger partial charge on any atom is 0.234 e. The van der Waals surface area contributed by atoms with E-state index in [1.165, 1.54) is 4.90 Å². The number of carbonyl (C=O) groups is 2. The molecule has 3 rings (SSSR count). The first-order valence-corrected chi connectivity index (χ1v) is 7.65. The monoisotopic (exact) mass is 339 g/mol. The number of rotatable bonds is 3. The summed E-state index contributed by atoms with van der Waals surface area (Å²) < 4.78 is 2.65. The summed E-state index contributed by atoms with van der Waals surface area (Å²) in [7, 11) is 1.84. The van der Waals surface area contributed by atoms with Crippen molar-refractivity contribution < 1.29 is 9.59 Å². The molecule has 1 aromatic rings. The first-order chi connectivity index (χ1) is 9.30. The maximum atomic E-state index is 12.3. The van der Waals surface area contributed by atoms with Gasteiger partial charge in [0.15, 0.2) is 0 Å². The van der Waals surface area contributed by atoms with Gasteiger partial charge in [-0.1, -0.05) is 20.8 Å². The molecule has 2 unspecified atom stereocenters. The Morgan fingerprint density at radius 1 is 1.25 bits per heavy atom. The van der Waals surface area contributed by atoms with E-state index < -0.39 is 0 Å². The molecule has 2 amide bonds. The van der Waals surface area contributed by atoms with Crippen molar-refractivity contribution in [1.29, 1.82) is 0 Å². The summed E-state index contributed by atoms with van der Waals surface area (Å²) in [5.41, 5.74) is 1.68. The van der Waals surface area contributed by atoms with E-state index in [2.05, 4.69) is 21.0 Å². The quantitative estimate of drug-likeness (QED) is 0.790. The molecule has 0 N–H and O–H groups in total. The van der Waals surface area contributed by atoms with Gasteiger partial charge in [0.05, 0.1) is 34.2 Å². The number of imide groups is 1. The van der Waals surface area contributed by atoms with Crippen LogP contribution in [0, 0.1) is 17.3 Å². The van der Waals surface area contributed by atoms with Gasteiger partial charge < -0.3 is 0 Å². The van der Waals surface area contributed by atoms with Crippen LogP contribution in [0.5, 0.6) is 0 Å². The Labute approximate surface area is 126 Å². The van der Waals surface area contributed by atoms with Crippen molar-refractivity contribution in [3.8, 4) is 0 Å². The molecule has 0 aromatic carbocycles. The van der Waals surface area contributed by atoms with E-state index in [4.69, 9.17) is 0 Å². The van der Waals surface area contributed by atoms with Crippen LogP contribution in [0.1, 0.15) is 32.2 Å². The van der Waals surface area contributed by atoms with E-state index in [9.17, 15) is 9.59 Å². The van der Waals surface area contributed by atoms with Gasteiger partial charge in [0.1, 0.15) is 0 Å². The highest BCUT2D eigenvalue weighted by Crippen LogP contribution is 2.63. The number of hydrogen-bond acceptors (Lipinski definition) is 3. The van der Waals surface area contributed by atoms with Crippen LogP contribution in [0.3, 0.4) is 0 Å². The summed E-state index contributed by atoms with van der Waals surface area (Å²) in [6.07, 6.45) is 0.814. The molecule has 2 atom stereocenters. The van der Waals surface area contributed by atoms with E-state index in [-0.39, 0.29) is 29.1 Å². The van der Waals surface area contributed by atoms with Crippen molar-refractivity contribution in [3.05, 3.63) is 15.9 Å². The predicted octanol–water partition coefficient (Wildman–Crippen LogP) is 1.89. The summed E-state index contributed by atoms with van der Waals surface area (Å²) in [6, 6.07) is 0. The van der Waals surface area contributed by atoms with Crippen LogP contribution < -0.4 is 0 Å². The number of amides is 2. The van der Waals surface area contributed by atoms with E-state index in [0.29, 0.717) is 6.54 Å². The topological polar surface area (TPSA) is 55.2 Å². The number of halogens is 1. The van der Waals surface area contributed by atoms with Gasteiger partial charge in [-0.3, -0.25) is 19.2 Å². The standard InChI is InChI=1S/C14H18BrN3O2/c1-5-7-11(15)8(17(4)16-7)6-18-12(19)9-10(13(18)20)14(9,2)3/h9-10H,5-6H2,1-4H3. The molecule has 2 heterocycles. The Kier molecular flexibility index (Phi) is 2.87. The van der Waals surface area contributed by atoms with Crippen molar-refractivity contribution in [1.82, 2.24) is 14.7 Å². The Hall–Kier alpha value is -1.17. The Morgan fingerprint density at radius 2 is 1.80 bits per heavy atom. The van der Waals surface area contributed by atoms with Gasteiger partial charge in [0.2, 0.25) is 11.8 Å². The molecule has 0 bridgehead atoms. The van der Waals surface area contributed by atoms with Crippen LogP contribution in [0.2, 0.25) is 0 Å². The van der Waals surface area contributed by atoms with Gasteiger partial charge in [-0.05, 0) is 27.8 Å². The fourth-order valence-electron chi connectivity index (χ4n) is 3.30. The van der Waals surface area contributed by atoms with Crippen LogP contribution in [-0.4, -0.2) is 26.5 Å². The molecule has 6 heteroatoms. The second-order valence-corrected chi connectivity index (χ2v) is 7.02. The molecule has 2 fully saturated rings. The average molecular weight is 340 g/mol. The molecule has 5 nitrogen and oxygen atoms in total.